The lowest BCUT2D eigenvalue weighted by Gasteiger charge is -2.42. The van der Waals surface area contributed by atoms with Crippen molar-refractivity contribution in [1.82, 2.24) is 15.5 Å². The van der Waals surface area contributed by atoms with Crippen LogP contribution >= 0.6 is 11.6 Å². The highest BCUT2D eigenvalue weighted by Crippen LogP contribution is 2.25. The number of amides is 2. The van der Waals surface area contributed by atoms with E-state index in [1.54, 1.807) is 12.1 Å². The highest BCUT2D eigenvalue weighted by atomic mass is 35.5. The van der Waals surface area contributed by atoms with Gasteiger partial charge in [-0.05, 0) is 44.0 Å². The lowest BCUT2D eigenvalue weighted by Crippen LogP contribution is -2.56. The molecule has 1 aliphatic carbocycles. The van der Waals surface area contributed by atoms with Crippen LogP contribution in [0.5, 0.6) is 0 Å². The molecule has 0 bridgehead atoms. The largest absolute Gasteiger partial charge is 0.480 e. The van der Waals surface area contributed by atoms with Crippen molar-refractivity contribution in [2.45, 2.75) is 44.8 Å². The zero-order chi connectivity index (χ0) is 17.7. The van der Waals surface area contributed by atoms with Crippen LogP contribution < -0.4 is 10.6 Å². The summed E-state index contributed by atoms with van der Waals surface area (Å²) in [4.78, 5) is 24.8. The molecule has 1 saturated carbocycles. The van der Waals surface area contributed by atoms with Crippen molar-refractivity contribution >= 4 is 23.6 Å². The molecule has 0 aliphatic heterocycles. The van der Waals surface area contributed by atoms with Gasteiger partial charge in [-0.2, -0.15) is 0 Å². The van der Waals surface area contributed by atoms with Gasteiger partial charge >= 0.3 is 12.0 Å². The number of hydrogen-bond donors (Lipinski definition) is 3. The molecule has 1 aliphatic rings. The smallest absolute Gasteiger partial charge is 0.317 e. The van der Waals surface area contributed by atoms with Gasteiger partial charge in [0.1, 0.15) is 0 Å². The van der Waals surface area contributed by atoms with Crippen LogP contribution in [0.3, 0.4) is 0 Å². The van der Waals surface area contributed by atoms with E-state index in [0.29, 0.717) is 11.6 Å². The lowest BCUT2D eigenvalue weighted by molar-refractivity contribution is -0.139. The third kappa shape index (κ3) is 5.11. The Morgan fingerprint density at radius 3 is 2.50 bits per heavy atom. The van der Waals surface area contributed by atoms with Gasteiger partial charge in [-0.3, -0.25) is 9.69 Å². The van der Waals surface area contributed by atoms with Crippen LogP contribution in [0, 0.1) is 0 Å². The summed E-state index contributed by atoms with van der Waals surface area (Å²) >= 11 is 5.86. The number of carbonyl (C=O) groups is 2. The molecule has 0 saturated heterocycles. The van der Waals surface area contributed by atoms with Crippen molar-refractivity contribution in [1.29, 1.82) is 0 Å². The molecule has 0 radical (unpaired) electrons. The minimum absolute atomic E-state index is 0.0493. The molecule has 2 amide bonds. The van der Waals surface area contributed by atoms with Crippen molar-refractivity contribution in [3.8, 4) is 0 Å². The molecule has 1 atom stereocenters. The van der Waals surface area contributed by atoms with Crippen LogP contribution in [-0.4, -0.2) is 47.2 Å². The summed E-state index contributed by atoms with van der Waals surface area (Å²) in [5, 5.41) is 15.4. The van der Waals surface area contributed by atoms with Crippen LogP contribution in [0.25, 0.3) is 0 Å². The second kappa shape index (κ2) is 8.35. The number of carbonyl (C=O) groups excluding carboxylic acids is 1. The Morgan fingerprint density at radius 1 is 1.33 bits per heavy atom. The maximum Gasteiger partial charge on any atom is 0.317 e. The SMILES string of the molecule is CCN(CC(=O)O)C1CC(NC(=O)N[C@@H](C)c2ccc(Cl)cc2)C1. The summed E-state index contributed by atoms with van der Waals surface area (Å²) in [5.74, 6) is -0.817. The molecule has 1 aromatic carbocycles. The molecule has 24 heavy (non-hydrogen) atoms. The molecular formula is C17H24ClN3O3. The first-order valence-corrected chi connectivity index (χ1v) is 8.55. The summed E-state index contributed by atoms with van der Waals surface area (Å²) in [7, 11) is 0. The molecule has 0 heterocycles. The third-order valence-electron chi connectivity index (χ3n) is 4.43. The van der Waals surface area contributed by atoms with Crippen molar-refractivity contribution in [2.75, 3.05) is 13.1 Å². The number of aliphatic carboxylic acids is 1. The zero-order valence-corrected chi connectivity index (χ0v) is 14.7. The van der Waals surface area contributed by atoms with Gasteiger partial charge in [-0.15, -0.1) is 0 Å². The van der Waals surface area contributed by atoms with Gasteiger partial charge in [0.2, 0.25) is 0 Å². The molecule has 0 aromatic heterocycles. The summed E-state index contributed by atoms with van der Waals surface area (Å²) < 4.78 is 0. The Hall–Kier alpha value is -1.79. The maximum atomic E-state index is 12.1. The minimum Gasteiger partial charge on any atom is -0.480 e. The highest BCUT2D eigenvalue weighted by molar-refractivity contribution is 6.30. The zero-order valence-electron chi connectivity index (χ0n) is 14.0. The number of likely N-dealkylation sites (N-methyl/N-ethyl adjacent to an activating group) is 1. The van der Waals surface area contributed by atoms with E-state index in [2.05, 4.69) is 10.6 Å². The molecule has 0 unspecified atom stereocenters. The Balaban J connectivity index is 1.74. The Labute approximate surface area is 147 Å². The predicted molar refractivity (Wildman–Crippen MR) is 93.2 cm³/mol. The predicted octanol–water partition coefficient (Wildman–Crippen LogP) is 2.64. The molecule has 3 N–H and O–H groups in total. The van der Waals surface area contributed by atoms with Crippen molar-refractivity contribution in [2.24, 2.45) is 0 Å². The van der Waals surface area contributed by atoms with E-state index in [4.69, 9.17) is 16.7 Å². The Kier molecular flexibility index (Phi) is 6.45. The van der Waals surface area contributed by atoms with Crippen LogP contribution in [0.1, 0.15) is 38.3 Å². The van der Waals surface area contributed by atoms with E-state index in [0.717, 1.165) is 18.4 Å². The molecule has 2 rings (SSSR count). The first-order chi connectivity index (χ1) is 11.4. The first-order valence-electron chi connectivity index (χ1n) is 8.17. The maximum absolute atomic E-state index is 12.1. The summed E-state index contributed by atoms with van der Waals surface area (Å²) in [6, 6.07) is 7.37. The Morgan fingerprint density at radius 2 is 1.96 bits per heavy atom. The van der Waals surface area contributed by atoms with E-state index in [9.17, 15) is 9.59 Å². The number of carboxylic acids is 1. The number of nitrogens with zero attached hydrogens (tertiary/aromatic N) is 1. The molecule has 1 aromatic rings. The topological polar surface area (TPSA) is 81.7 Å². The van der Waals surface area contributed by atoms with E-state index in [1.165, 1.54) is 0 Å². The van der Waals surface area contributed by atoms with Gasteiger partial charge in [0.15, 0.2) is 0 Å². The fourth-order valence-electron chi connectivity index (χ4n) is 2.94. The van der Waals surface area contributed by atoms with Gasteiger partial charge in [-0.1, -0.05) is 30.7 Å². The van der Waals surface area contributed by atoms with Crippen molar-refractivity contribution in [3.05, 3.63) is 34.9 Å². The second-order valence-corrected chi connectivity index (χ2v) is 6.61. The standard InChI is InChI=1S/C17H24ClN3O3/c1-3-21(10-16(22)23)15-8-14(9-15)20-17(24)19-11(2)12-4-6-13(18)7-5-12/h4-7,11,14-15H,3,8-10H2,1-2H3,(H,22,23)(H2,19,20,24)/t11-,14?,15?/m0/s1. The third-order valence-corrected chi connectivity index (χ3v) is 4.68. The second-order valence-electron chi connectivity index (χ2n) is 6.17. The van der Waals surface area contributed by atoms with Crippen LogP contribution in [0.2, 0.25) is 5.02 Å². The average Bonchev–Trinajstić information content (AvgIpc) is 2.48. The summed E-state index contributed by atoms with van der Waals surface area (Å²) in [5.41, 5.74) is 0.986. The molecule has 7 heteroatoms. The minimum atomic E-state index is -0.817. The van der Waals surface area contributed by atoms with Crippen LogP contribution in [0.15, 0.2) is 24.3 Å². The van der Waals surface area contributed by atoms with Crippen molar-refractivity contribution in [3.63, 3.8) is 0 Å². The van der Waals surface area contributed by atoms with Gasteiger partial charge in [-0.25, -0.2) is 4.79 Å². The van der Waals surface area contributed by atoms with Crippen LogP contribution in [0.4, 0.5) is 4.79 Å². The molecule has 1 fully saturated rings. The number of carboxylic acid groups (broad SMARTS) is 1. The fraction of sp³-hybridized carbons (Fsp3) is 0.529. The van der Waals surface area contributed by atoms with Gasteiger partial charge in [0.25, 0.3) is 0 Å². The number of hydrogen-bond acceptors (Lipinski definition) is 3. The van der Waals surface area contributed by atoms with Crippen molar-refractivity contribution < 1.29 is 14.7 Å². The monoisotopic (exact) mass is 353 g/mol. The van der Waals surface area contributed by atoms with E-state index >= 15 is 0 Å². The molecule has 6 nitrogen and oxygen atoms in total. The highest BCUT2D eigenvalue weighted by Gasteiger charge is 2.34. The number of rotatable bonds is 7. The van der Waals surface area contributed by atoms with E-state index in [1.807, 2.05) is 30.9 Å². The summed E-state index contributed by atoms with van der Waals surface area (Å²) in [6.07, 6.45) is 1.56. The van der Waals surface area contributed by atoms with E-state index < -0.39 is 5.97 Å². The van der Waals surface area contributed by atoms with Crippen LogP contribution in [-0.2, 0) is 4.79 Å². The first kappa shape index (κ1) is 18.5. The molecular weight excluding hydrogens is 330 g/mol. The Bertz CT molecular complexity index is 573. The van der Waals surface area contributed by atoms with Gasteiger partial charge < -0.3 is 15.7 Å². The average molecular weight is 354 g/mol. The number of benzene rings is 1. The lowest BCUT2D eigenvalue weighted by atomic mass is 9.85. The fourth-order valence-corrected chi connectivity index (χ4v) is 3.06. The normalized spacial score (nSPS) is 21.0. The molecule has 0 spiro atoms. The van der Waals surface area contributed by atoms with E-state index in [-0.39, 0.29) is 30.7 Å². The van der Waals surface area contributed by atoms with Gasteiger partial charge in [0, 0.05) is 17.1 Å². The summed E-state index contributed by atoms with van der Waals surface area (Å²) in [6.45, 7) is 4.61. The number of halogens is 1. The van der Waals surface area contributed by atoms with Gasteiger partial charge in [0.05, 0.1) is 12.6 Å². The number of urea groups is 1. The number of nitrogens with one attached hydrogen (secondary N) is 2. The quantitative estimate of drug-likeness (QED) is 0.703. The molecule has 132 valence electrons.